The van der Waals surface area contributed by atoms with Crippen molar-refractivity contribution in [3.05, 3.63) is 59.9 Å². The average molecular weight is 683 g/mol. The Balaban J connectivity index is 1.36. The number of esters is 1. The normalized spacial score (nSPS) is 12.9. The second-order valence-corrected chi connectivity index (χ2v) is 13.2. The molecule has 0 bridgehead atoms. The number of aliphatic hydroxyl groups is 1. The summed E-state index contributed by atoms with van der Waals surface area (Å²) in [5, 5.41) is 25.6. The fourth-order valence-electron chi connectivity index (χ4n) is 4.05. The molecule has 0 radical (unpaired) electrons. The van der Waals surface area contributed by atoms with Crippen molar-refractivity contribution < 1.29 is 41.7 Å². The van der Waals surface area contributed by atoms with Gasteiger partial charge in [-0.3, -0.25) is 4.79 Å². The fourth-order valence-corrected chi connectivity index (χ4v) is 6.72. The summed E-state index contributed by atoms with van der Waals surface area (Å²) in [6.07, 6.45) is 1.49. The number of rotatable bonds is 17. The predicted octanol–water partition coefficient (Wildman–Crippen LogP) is 1.98. The molecule has 4 aromatic rings. The average Bonchev–Trinajstić information content (AvgIpc) is 3.68. The molecule has 0 spiro atoms. The quantitative estimate of drug-likeness (QED) is 0.137. The largest absolute Gasteiger partial charge is 0.491 e. The molecule has 45 heavy (non-hydrogen) atoms. The molecule has 14 nitrogen and oxygen atoms in total. The fraction of sp³-hybridized carbons (Fsp3) is 0.370. The number of alkyl halides is 1. The van der Waals surface area contributed by atoms with Crippen LogP contribution in [0.15, 0.2) is 53.0 Å². The highest BCUT2D eigenvalue weighted by Crippen LogP contribution is 2.28. The van der Waals surface area contributed by atoms with E-state index < -0.39 is 40.7 Å². The lowest BCUT2D eigenvalue weighted by molar-refractivity contribution is -0.144. The van der Waals surface area contributed by atoms with Crippen molar-refractivity contribution in [3.8, 4) is 11.5 Å². The molecule has 0 aliphatic heterocycles. The van der Waals surface area contributed by atoms with Gasteiger partial charge in [0.25, 0.3) is 10.0 Å². The summed E-state index contributed by atoms with van der Waals surface area (Å²) >= 11 is 2.30. The summed E-state index contributed by atoms with van der Waals surface area (Å²) in [4.78, 5) is 29.8. The number of carbonyl (C=O) groups is 2. The van der Waals surface area contributed by atoms with Crippen LogP contribution in [0.1, 0.15) is 23.7 Å². The van der Waals surface area contributed by atoms with E-state index in [-0.39, 0.29) is 36.3 Å². The van der Waals surface area contributed by atoms with E-state index in [9.17, 15) is 27.5 Å². The van der Waals surface area contributed by atoms with Gasteiger partial charge >= 0.3 is 5.97 Å². The van der Waals surface area contributed by atoms with E-state index >= 15 is 0 Å². The van der Waals surface area contributed by atoms with Crippen molar-refractivity contribution in [1.29, 1.82) is 0 Å². The number of nitrogens with zero attached hydrogens (tertiary/aromatic N) is 4. The number of nitrogens with two attached hydrogens (primary N) is 1. The second-order valence-electron chi connectivity index (χ2n) is 9.45. The lowest BCUT2D eigenvalue weighted by atomic mass is 10.2. The molecular formula is C27H31FN6O8S3. The lowest BCUT2D eigenvalue weighted by Crippen LogP contribution is -2.46. The maximum atomic E-state index is 13.3. The number of aliphatic hydroxyl groups excluding tert-OH is 1. The maximum absolute atomic E-state index is 13.3. The van der Waals surface area contributed by atoms with Gasteiger partial charge in [0.1, 0.15) is 49.2 Å². The molecule has 2 atom stereocenters. The first-order chi connectivity index (χ1) is 21.6. The topological polar surface area (TPSA) is 198 Å². The van der Waals surface area contributed by atoms with E-state index in [1.807, 2.05) is 6.07 Å². The summed E-state index contributed by atoms with van der Waals surface area (Å²) in [5.74, 6) is 0.433. The Hall–Kier alpha value is -3.84. The summed E-state index contributed by atoms with van der Waals surface area (Å²) < 4.78 is 53.2. The summed E-state index contributed by atoms with van der Waals surface area (Å²) in [6.45, 7) is -1.00. The third kappa shape index (κ3) is 9.57. The number of amides is 1. The minimum Gasteiger partial charge on any atom is -0.491 e. The van der Waals surface area contributed by atoms with E-state index in [1.165, 1.54) is 29.8 Å². The van der Waals surface area contributed by atoms with Gasteiger partial charge < -0.3 is 24.6 Å². The highest BCUT2D eigenvalue weighted by atomic mass is 32.2. The van der Waals surface area contributed by atoms with Gasteiger partial charge in [-0.05, 0) is 35.9 Å². The van der Waals surface area contributed by atoms with Gasteiger partial charge in [0.15, 0.2) is 0 Å². The van der Waals surface area contributed by atoms with Gasteiger partial charge in [0, 0.05) is 24.5 Å². The molecule has 1 amide bonds. The molecule has 0 aliphatic carbocycles. The number of primary sulfonamides is 1. The minimum atomic E-state index is -3.93. The third-order valence-corrected chi connectivity index (χ3v) is 9.60. The minimum absolute atomic E-state index is 0.00335. The first kappa shape index (κ1) is 34.0. The Labute approximate surface area is 266 Å². The highest BCUT2D eigenvalue weighted by Gasteiger charge is 2.28. The zero-order valence-corrected chi connectivity index (χ0v) is 26.4. The number of carbonyl (C=O) groups excluding carboxylic acids is 2. The molecule has 4 rings (SSSR count). The molecule has 4 N–H and O–H groups in total. The van der Waals surface area contributed by atoms with E-state index in [0.29, 0.717) is 33.2 Å². The van der Waals surface area contributed by atoms with Gasteiger partial charge in [0.05, 0.1) is 23.5 Å². The Morgan fingerprint density at radius 2 is 2.00 bits per heavy atom. The second kappa shape index (κ2) is 15.9. The van der Waals surface area contributed by atoms with Crippen molar-refractivity contribution in [3.63, 3.8) is 0 Å². The summed E-state index contributed by atoms with van der Waals surface area (Å²) in [5.41, 5.74) is 1.72. The number of benzene rings is 2. The van der Waals surface area contributed by atoms with Crippen LogP contribution in [0.3, 0.4) is 0 Å². The van der Waals surface area contributed by atoms with Crippen molar-refractivity contribution in [2.45, 2.75) is 35.2 Å². The van der Waals surface area contributed by atoms with Gasteiger partial charge in [-0.15, -0.1) is 16.4 Å². The van der Waals surface area contributed by atoms with E-state index in [2.05, 4.69) is 20.6 Å². The predicted molar refractivity (Wildman–Crippen MR) is 164 cm³/mol. The van der Waals surface area contributed by atoms with Gasteiger partial charge in [-0.2, -0.15) is 11.8 Å². The van der Waals surface area contributed by atoms with Crippen molar-refractivity contribution in [2.24, 2.45) is 5.14 Å². The molecule has 0 fully saturated rings. The number of ether oxygens (including phenoxy) is 3. The number of nitrogens with one attached hydrogen (secondary N) is 1. The Kier molecular flexibility index (Phi) is 12.1. The lowest BCUT2D eigenvalue weighted by Gasteiger charge is -2.21. The van der Waals surface area contributed by atoms with Crippen molar-refractivity contribution >= 4 is 55.2 Å². The summed E-state index contributed by atoms with van der Waals surface area (Å²) in [6, 6.07) is 10.0. The highest BCUT2D eigenvalue weighted by molar-refractivity contribution is 7.98. The van der Waals surface area contributed by atoms with Crippen LogP contribution in [0, 0.1) is 0 Å². The Morgan fingerprint density at radius 1 is 1.20 bits per heavy atom. The smallest absolute Gasteiger partial charge is 0.329 e. The number of fused-ring (bicyclic) bond motifs is 1. The number of aromatic nitrogens is 4. The molecule has 0 saturated carbocycles. The van der Waals surface area contributed by atoms with E-state index in [0.717, 1.165) is 16.9 Å². The zero-order chi connectivity index (χ0) is 32.4. The number of thiazole rings is 1. The molecule has 242 valence electrons. The SMILES string of the molecule is COC(=O)C(CSCc1cccc(OCCF)c1)NC(=O)C(CCO)n1cc(COc2ccc3nc(S(N)(=O)=O)sc3c2)nn1. The first-order valence-electron chi connectivity index (χ1n) is 13.4. The van der Waals surface area contributed by atoms with E-state index in [4.69, 9.17) is 19.3 Å². The van der Waals surface area contributed by atoms with Crippen molar-refractivity contribution in [2.75, 3.05) is 32.8 Å². The standard InChI is InChI=1S/C27H31FN6O8S3/c1-40-26(37)22(16-43-15-17-3-2-4-19(11-17)41-10-8-28)30-25(36)23(7-9-35)34-13-18(32-33-34)14-42-20-5-6-21-24(12-20)44-27(31-21)45(29,38)39/h2-6,11-13,22-23,35H,7-10,14-16H2,1H3,(H,30,36)(H2,29,38,39). The van der Waals surface area contributed by atoms with Crippen LogP contribution in [-0.2, 0) is 36.7 Å². The molecule has 2 aromatic carbocycles. The number of thioether (sulfide) groups is 1. The molecule has 0 aliphatic rings. The van der Waals surface area contributed by atoms with Crippen LogP contribution >= 0.6 is 23.1 Å². The first-order valence-corrected chi connectivity index (χ1v) is 16.9. The summed E-state index contributed by atoms with van der Waals surface area (Å²) in [7, 11) is -2.71. The third-order valence-electron chi connectivity index (χ3n) is 6.15. The van der Waals surface area contributed by atoms with Gasteiger partial charge in [-0.25, -0.2) is 32.4 Å². The number of hydrogen-bond acceptors (Lipinski definition) is 13. The molecule has 2 aromatic heterocycles. The van der Waals surface area contributed by atoms with Crippen molar-refractivity contribution in [1.82, 2.24) is 25.3 Å². The zero-order valence-electron chi connectivity index (χ0n) is 24.0. The monoisotopic (exact) mass is 682 g/mol. The molecule has 18 heteroatoms. The number of hydrogen-bond donors (Lipinski definition) is 3. The molecule has 0 saturated heterocycles. The number of sulfonamides is 1. The van der Waals surface area contributed by atoms with Crippen LogP contribution in [0.4, 0.5) is 4.39 Å². The number of methoxy groups -OCH3 is 1. The number of halogens is 1. The van der Waals surface area contributed by atoms with E-state index in [1.54, 1.807) is 36.4 Å². The molecule has 2 heterocycles. The molecule has 2 unspecified atom stereocenters. The van der Waals surface area contributed by atoms with Crippen LogP contribution in [0.5, 0.6) is 11.5 Å². The van der Waals surface area contributed by atoms with Crippen LogP contribution in [-0.4, -0.2) is 84.2 Å². The maximum Gasteiger partial charge on any atom is 0.329 e. The van der Waals surface area contributed by atoms with Gasteiger partial charge in [0.2, 0.25) is 10.2 Å². The van der Waals surface area contributed by atoms with Crippen LogP contribution in [0.2, 0.25) is 0 Å². The Morgan fingerprint density at radius 3 is 2.73 bits per heavy atom. The van der Waals surface area contributed by atoms with Gasteiger partial charge in [-0.1, -0.05) is 17.3 Å². The Bertz CT molecular complexity index is 1720. The van der Waals surface area contributed by atoms with Crippen LogP contribution in [0.25, 0.3) is 10.2 Å². The molecular weight excluding hydrogens is 652 g/mol. The van der Waals surface area contributed by atoms with Crippen LogP contribution < -0.4 is 19.9 Å².